The average molecular weight is 1050 g/mol. The van der Waals surface area contributed by atoms with Crippen LogP contribution in [-0.2, 0) is 52.7 Å². The lowest BCUT2D eigenvalue weighted by atomic mass is 9.95. The molecule has 2 saturated heterocycles. The Labute approximate surface area is 435 Å². The molecule has 0 aromatic rings. The fourth-order valence-corrected chi connectivity index (χ4v) is 8.81. The minimum Gasteiger partial charge on any atom is -0.480 e. The molecule has 15 N–H and O–H groups in total. The normalized spacial score (nSPS) is 18.7. The Morgan fingerprint density at radius 2 is 1.09 bits per heavy atom. The van der Waals surface area contributed by atoms with Crippen LogP contribution in [0, 0.1) is 17.8 Å². The van der Waals surface area contributed by atoms with E-state index in [-0.39, 0.29) is 57.2 Å². The molecule has 10 amide bonds. The van der Waals surface area contributed by atoms with Crippen LogP contribution in [0.2, 0.25) is 0 Å². The third-order valence-electron chi connectivity index (χ3n) is 13.3. The van der Waals surface area contributed by atoms with Crippen molar-refractivity contribution < 1.29 is 57.8 Å². The highest BCUT2D eigenvalue weighted by Gasteiger charge is 2.44. The number of hydrogen-bond acceptors (Lipinski definition) is 14. The number of rotatable bonds is 32. The van der Waals surface area contributed by atoms with Crippen molar-refractivity contribution in [3.05, 3.63) is 0 Å². The molecule has 0 aliphatic carbocycles. The maximum Gasteiger partial charge on any atom is 0.326 e. The van der Waals surface area contributed by atoms with Gasteiger partial charge < -0.3 is 74.6 Å². The SMILES string of the molecule is CC[C@H](C)[C@H](NC(=O)[C@H](CC(C)C)NC(=O)CN)C(=O)N[C@H](C(=O)N[C@@H](C)C(=O)N1CCC[C@H]1C(=O)N1CCC[C@H]1C(=O)N[C@@H](CCCCN)C(=O)N[C@@H](C)C(=O)NCC(=O)N[C@@H](CCCCN)C(=O)O)C(C)C. The quantitative estimate of drug-likeness (QED) is 0.0312. The van der Waals surface area contributed by atoms with Crippen LogP contribution >= 0.6 is 0 Å². The molecule has 74 heavy (non-hydrogen) atoms. The number of carbonyl (C=O) groups is 11. The number of nitrogens with two attached hydrogens (primary N) is 3. The molecule has 2 fully saturated rings. The summed E-state index contributed by atoms with van der Waals surface area (Å²) in [6.45, 7) is 13.8. The Balaban J connectivity index is 2.14. The van der Waals surface area contributed by atoms with Crippen molar-refractivity contribution in [3.63, 3.8) is 0 Å². The first-order valence-corrected chi connectivity index (χ1v) is 26.2. The number of unbranched alkanes of at least 4 members (excludes halogenated alkanes) is 2. The molecule has 2 aliphatic heterocycles. The highest BCUT2D eigenvalue weighted by Crippen LogP contribution is 2.26. The van der Waals surface area contributed by atoms with Gasteiger partial charge in [0.2, 0.25) is 59.1 Å². The van der Waals surface area contributed by atoms with Gasteiger partial charge in [-0.25, -0.2) is 4.79 Å². The summed E-state index contributed by atoms with van der Waals surface area (Å²) in [7, 11) is 0. The molecule has 420 valence electrons. The number of carbonyl (C=O) groups excluding carboxylic acids is 10. The van der Waals surface area contributed by atoms with Crippen molar-refractivity contribution in [2.45, 2.75) is 187 Å². The summed E-state index contributed by atoms with van der Waals surface area (Å²) in [5, 5.41) is 30.3. The maximum absolute atomic E-state index is 14.3. The minimum atomic E-state index is -1.23. The highest BCUT2D eigenvalue weighted by molar-refractivity contribution is 5.99. The zero-order chi connectivity index (χ0) is 55.8. The molecule has 0 bridgehead atoms. The lowest BCUT2D eigenvalue weighted by Gasteiger charge is -2.33. The van der Waals surface area contributed by atoms with E-state index in [0.29, 0.717) is 64.5 Å². The summed E-state index contributed by atoms with van der Waals surface area (Å²) >= 11 is 0. The molecular formula is C49H87N13O12. The van der Waals surface area contributed by atoms with E-state index in [1.165, 1.54) is 23.6 Å². The van der Waals surface area contributed by atoms with Crippen LogP contribution in [0.1, 0.15) is 132 Å². The second-order valence-corrected chi connectivity index (χ2v) is 20.2. The number of amides is 10. The zero-order valence-corrected chi connectivity index (χ0v) is 44.7. The smallest absolute Gasteiger partial charge is 0.326 e. The Morgan fingerprint density at radius 1 is 0.568 bits per heavy atom. The van der Waals surface area contributed by atoms with E-state index >= 15 is 0 Å². The van der Waals surface area contributed by atoms with Crippen molar-refractivity contribution in [2.24, 2.45) is 35.0 Å². The summed E-state index contributed by atoms with van der Waals surface area (Å²) in [5.41, 5.74) is 16.6. The van der Waals surface area contributed by atoms with Gasteiger partial charge in [-0.2, -0.15) is 0 Å². The van der Waals surface area contributed by atoms with Crippen LogP contribution in [0.5, 0.6) is 0 Å². The van der Waals surface area contributed by atoms with Crippen molar-refractivity contribution in [1.82, 2.24) is 52.3 Å². The summed E-state index contributed by atoms with van der Waals surface area (Å²) in [6, 6.07) is -9.73. The van der Waals surface area contributed by atoms with Crippen molar-refractivity contribution in [1.29, 1.82) is 0 Å². The highest BCUT2D eigenvalue weighted by atomic mass is 16.4. The number of aliphatic carboxylic acids is 1. The van der Waals surface area contributed by atoms with Gasteiger partial charge in [0.15, 0.2) is 0 Å². The van der Waals surface area contributed by atoms with Crippen molar-refractivity contribution in [2.75, 3.05) is 39.3 Å². The van der Waals surface area contributed by atoms with E-state index in [0.717, 1.165) is 0 Å². The van der Waals surface area contributed by atoms with E-state index in [2.05, 4.69) is 42.5 Å². The summed E-state index contributed by atoms with van der Waals surface area (Å²) in [5.74, 6) is -8.29. The lowest BCUT2D eigenvalue weighted by molar-refractivity contribution is -0.148. The zero-order valence-electron chi connectivity index (χ0n) is 44.7. The molecule has 0 unspecified atom stereocenters. The largest absolute Gasteiger partial charge is 0.480 e. The predicted molar refractivity (Wildman–Crippen MR) is 274 cm³/mol. The van der Waals surface area contributed by atoms with Crippen LogP contribution in [0.3, 0.4) is 0 Å². The Kier molecular flexibility index (Phi) is 28.1. The van der Waals surface area contributed by atoms with Gasteiger partial charge in [-0.1, -0.05) is 48.0 Å². The molecule has 0 spiro atoms. The van der Waals surface area contributed by atoms with Gasteiger partial charge in [0.1, 0.15) is 54.4 Å². The third kappa shape index (κ3) is 20.4. The predicted octanol–water partition coefficient (Wildman–Crippen LogP) is -2.43. The summed E-state index contributed by atoms with van der Waals surface area (Å²) < 4.78 is 0. The van der Waals surface area contributed by atoms with Gasteiger partial charge in [0.25, 0.3) is 0 Å². The summed E-state index contributed by atoms with van der Waals surface area (Å²) in [4.78, 5) is 149. The van der Waals surface area contributed by atoms with E-state index < -0.39 is 132 Å². The van der Waals surface area contributed by atoms with Crippen LogP contribution in [0.15, 0.2) is 0 Å². The van der Waals surface area contributed by atoms with Gasteiger partial charge in [-0.05, 0) is 115 Å². The van der Waals surface area contributed by atoms with E-state index in [1.807, 2.05) is 20.8 Å². The van der Waals surface area contributed by atoms with Crippen LogP contribution in [-0.4, -0.2) is 174 Å². The van der Waals surface area contributed by atoms with Gasteiger partial charge >= 0.3 is 5.97 Å². The summed E-state index contributed by atoms with van der Waals surface area (Å²) in [6.07, 6.45) is 4.57. The van der Waals surface area contributed by atoms with Gasteiger partial charge in [-0.15, -0.1) is 0 Å². The molecule has 0 radical (unpaired) electrons. The number of carboxylic acid groups (broad SMARTS) is 1. The second-order valence-electron chi connectivity index (χ2n) is 20.2. The van der Waals surface area contributed by atoms with E-state index in [1.54, 1.807) is 20.8 Å². The molecule has 10 atom stereocenters. The topological polar surface area (TPSA) is 389 Å². The number of likely N-dealkylation sites (tertiary alicyclic amines) is 2. The van der Waals surface area contributed by atoms with Crippen molar-refractivity contribution >= 4 is 65.0 Å². The van der Waals surface area contributed by atoms with Crippen molar-refractivity contribution in [3.8, 4) is 0 Å². The monoisotopic (exact) mass is 1050 g/mol. The Hall–Kier alpha value is -5.95. The standard InChI is InChI=1S/C49H87N13O12/c1-9-29(6)40(60-43(67)34(24-27(2)3)57-37(63)25-52)46(70)59-39(28(4)5)45(69)55-31(8)47(71)62-23-15-19-36(62)48(72)61-22-14-18-35(61)44(68)58-32(16-10-12-20-50)42(66)54-30(7)41(65)53-26-38(64)56-33(49(73)74)17-11-13-21-51/h27-36,39-40H,9-26,50-52H2,1-8H3,(H,53,65)(H,54,66)(H,55,69)(H,56,64)(H,57,63)(H,58,68)(H,59,70)(H,60,67)(H,73,74)/t29-,30-,31-,32-,33-,34-,35-,36-,39-,40-/m0/s1. The first-order valence-electron chi connectivity index (χ1n) is 26.2. The molecule has 25 heteroatoms. The van der Waals surface area contributed by atoms with E-state index in [4.69, 9.17) is 17.2 Å². The van der Waals surface area contributed by atoms with E-state index in [9.17, 15) is 57.8 Å². The fourth-order valence-electron chi connectivity index (χ4n) is 8.81. The number of hydrogen-bond donors (Lipinski definition) is 12. The molecule has 0 aromatic heterocycles. The molecule has 0 aromatic carbocycles. The molecule has 2 heterocycles. The first-order chi connectivity index (χ1) is 34.9. The molecule has 2 rings (SSSR count). The Morgan fingerprint density at radius 3 is 1.65 bits per heavy atom. The Bertz CT molecular complexity index is 1940. The third-order valence-corrected chi connectivity index (χ3v) is 13.3. The number of carboxylic acids is 1. The lowest BCUT2D eigenvalue weighted by Crippen LogP contribution is -2.61. The van der Waals surface area contributed by atoms with Gasteiger partial charge in [0, 0.05) is 13.1 Å². The maximum atomic E-state index is 14.3. The second kappa shape index (κ2) is 32.4. The molecular weight excluding hydrogens is 963 g/mol. The number of nitrogens with one attached hydrogen (secondary N) is 8. The molecule has 25 nitrogen and oxygen atoms in total. The van der Waals surface area contributed by atoms with Crippen LogP contribution in [0.25, 0.3) is 0 Å². The molecule has 0 saturated carbocycles. The number of nitrogens with zero attached hydrogens (tertiary/aromatic N) is 2. The molecule has 2 aliphatic rings. The average Bonchev–Trinajstić information content (AvgIpc) is 4.06. The fraction of sp³-hybridized carbons (Fsp3) is 0.776. The van der Waals surface area contributed by atoms with Gasteiger partial charge in [-0.3, -0.25) is 47.9 Å². The first kappa shape index (κ1) is 64.2. The van der Waals surface area contributed by atoms with Crippen LogP contribution in [0.4, 0.5) is 0 Å². The van der Waals surface area contributed by atoms with Gasteiger partial charge in [0.05, 0.1) is 13.1 Å². The minimum absolute atomic E-state index is 0.0204. The van der Waals surface area contributed by atoms with Crippen LogP contribution < -0.4 is 59.7 Å².